The zero-order chi connectivity index (χ0) is 15.3. The van der Waals surface area contributed by atoms with E-state index in [0.29, 0.717) is 11.7 Å². The predicted octanol–water partition coefficient (Wildman–Crippen LogP) is 4.80. The van der Waals surface area contributed by atoms with E-state index in [1.807, 2.05) is 12.1 Å². The molecule has 2 heteroatoms. The number of ketones is 1. The third-order valence-electron chi connectivity index (χ3n) is 5.03. The summed E-state index contributed by atoms with van der Waals surface area (Å²) in [6.07, 6.45) is 7.40. The van der Waals surface area contributed by atoms with Crippen LogP contribution in [0, 0.1) is 11.3 Å². The monoisotopic (exact) mass is 288 g/mol. The molecule has 1 aromatic rings. The van der Waals surface area contributed by atoms with E-state index in [1.54, 1.807) is 7.11 Å². The molecule has 1 saturated carbocycles. The van der Waals surface area contributed by atoms with Crippen molar-refractivity contribution in [3.05, 3.63) is 29.8 Å². The first kappa shape index (κ1) is 16.1. The van der Waals surface area contributed by atoms with E-state index >= 15 is 0 Å². The van der Waals surface area contributed by atoms with Crippen molar-refractivity contribution >= 4 is 5.78 Å². The van der Waals surface area contributed by atoms with Gasteiger partial charge in [-0.3, -0.25) is 4.79 Å². The standard InChI is InChI=1S/C19H28O2/c1-19(2,16-7-4-8-17(20)14-16)13-5-6-15-9-11-18(21-3)12-10-15/h9-12,16H,4-8,13-14H2,1-3H3. The fourth-order valence-corrected chi connectivity index (χ4v) is 3.44. The number of rotatable bonds is 6. The van der Waals surface area contributed by atoms with E-state index in [1.165, 1.54) is 24.8 Å². The number of carbonyl (C=O) groups is 1. The van der Waals surface area contributed by atoms with Crippen molar-refractivity contribution in [2.75, 3.05) is 7.11 Å². The average molecular weight is 288 g/mol. The third kappa shape index (κ3) is 4.59. The first-order valence-electron chi connectivity index (χ1n) is 8.16. The maximum Gasteiger partial charge on any atom is 0.133 e. The molecule has 1 atom stereocenters. The quantitative estimate of drug-likeness (QED) is 0.751. The molecule has 0 heterocycles. The van der Waals surface area contributed by atoms with Gasteiger partial charge in [-0.2, -0.15) is 0 Å². The normalized spacial score (nSPS) is 19.6. The minimum atomic E-state index is 0.280. The molecule has 2 nitrogen and oxygen atoms in total. The van der Waals surface area contributed by atoms with Crippen LogP contribution >= 0.6 is 0 Å². The Morgan fingerprint density at radius 2 is 1.95 bits per heavy atom. The number of methoxy groups -OCH3 is 1. The van der Waals surface area contributed by atoms with E-state index in [2.05, 4.69) is 26.0 Å². The molecule has 0 aromatic heterocycles. The molecule has 0 spiro atoms. The van der Waals surface area contributed by atoms with Crippen LogP contribution in [0.5, 0.6) is 5.75 Å². The maximum atomic E-state index is 11.7. The van der Waals surface area contributed by atoms with Gasteiger partial charge in [0, 0.05) is 12.8 Å². The van der Waals surface area contributed by atoms with Gasteiger partial charge in [0.05, 0.1) is 7.11 Å². The summed E-state index contributed by atoms with van der Waals surface area (Å²) in [5, 5.41) is 0. The van der Waals surface area contributed by atoms with Crippen LogP contribution in [-0.2, 0) is 11.2 Å². The first-order valence-corrected chi connectivity index (χ1v) is 8.16. The Kier molecular flexibility index (Phi) is 5.44. The molecule has 21 heavy (non-hydrogen) atoms. The van der Waals surface area contributed by atoms with Crippen LogP contribution in [0.2, 0.25) is 0 Å². The summed E-state index contributed by atoms with van der Waals surface area (Å²) >= 11 is 0. The highest BCUT2D eigenvalue weighted by atomic mass is 16.5. The molecule has 1 aliphatic carbocycles. The Morgan fingerprint density at radius 3 is 2.57 bits per heavy atom. The van der Waals surface area contributed by atoms with Gasteiger partial charge in [0.25, 0.3) is 0 Å². The molecule has 0 radical (unpaired) electrons. The third-order valence-corrected chi connectivity index (χ3v) is 5.03. The fraction of sp³-hybridized carbons (Fsp3) is 0.632. The molecule has 1 aromatic carbocycles. The van der Waals surface area contributed by atoms with Crippen LogP contribution in [0.4, 0.5) is 0 Å². The summed E-state index contributed by atoms with van der Waals surface area (Å²) in [6, 6.07) is 8.35. The molecule has 1 fully saturated rings. The number of aryl methyl sites for hydroxylation is 1. The molecule has 0 amide bonds. The molecule has 0 aliphatic heterocycles. The molecule has 0 N–H and O–H groups in total. The second-order valence-electron chi connectivity index (χ2n) is 7.02. The summed E-state index contributed by atoms with van der Waals surface area (Å²) in [5.41, 5.74) is 1.65. The largest absolute Gasteiger partial charge is 0.497 e. The lowest BCUT2D eigenvalue weighted by molar-refractivity contribution is -0.123. The number of carbonyl (C=O) groups excluding carboxylic acids is 1. The summed E-state index contributed by atoms with van der Waals surface area (Å²) in [7, 11) is 1.70. The van der Waals surface area contributed by atoms with Gasteiger partial charge >= 0.3 is 0 Å². The molecule has 116 valence electrons. The van der Waals surface area contributed by atoms with Crippen LogP contribution < -0.4 is 4.74 Å². The fourth-order valence-electron chi connectivity index (χ4n) is 3.44. The SMILES string of the molecule is COc1ccc(CCCC(C)(C)C2CCCC(=O)C2)cc1. The van der Waals surface area contributed by atoms with Crippen LogP contribution in [0.3, 0.4) is 0 Å². The van der Waals surface area contributed by atoms with Crippen molar-refractivity contribution in [2.45, 2.75) is 58.8 Å². The minimum absolute atomic E-state index is 0.280. The van der Waals surface area contributed by atoms with Gasteiger partial charge < -0.3 is 4.74 Å². The first-order chi connectivity index (χ1) is 10.0. The highest BCUT2D eigenvalue weighted by Gasteiger charge is 2.32. The van der Waals surface area contributed by atoms with Gasteiger partial charge in [-0.25, -0.2) is 0 Å². The van der Waals surface area contributed by atoms with E-state index in [-0.39, 0.29) is 5.41 Å². The highest BCUT2D eigenvalue weighted by molar-refractivity contribution is 5.79. The lowest BCUT2D eigenvalue weighted by Gasteiger charge is -2.36. The lowest BCUT2D eigenvalue weighted by Crippen LogP contribution is -2.29. The second-order valence-corrected chi connectivity index (χ2v) is 7.02. The highest BCUT2D eigenvalue weighted by Crippen LogP contribution is 2.40. The summed E-state index contributed by atoms with van der Waals surface area (Å²) in [5.74, 6) is 1.96. The van der Waals surface area contributed by atoms with Gasteiger partial charge in [-0.05, 0) is 61.1 Å². The zero-order valence-electron chi connectivity index (χ0n) is 13.7. The average Bonchev–Trinajstić information content (AvgIpc) is 2.48. The van der Waals surface area contributed by atoms with E-state index in [9.17, 15) is 4.79 Å². The van der Waals surface area contributed by atoms with Crippen molar-refractivity contribution in [1.29, 1.82) is 0 Å². The van der Waals surface area contributed by atoms with Crippen LogP contribution in [0.25, 0.3) is 0 Å². The van der Waals surface area contributed by atoms with Crippen LogP contribution in [0.15, 0.2) is 24.3 Å². The zero-order valence-corrected chi connectivity index (χ0v) is 13.7. The molecule has 0 saturated heterocycles. The number of benzene rings is 1. The van der Waals surface area contributed by atoms with Crippen molar-refractivity contribution in [2.24, 2.45) is 11.3 Å². The Labute approximate surface area is 128 Å². The van der Waals surface area contributed by atoms with Gasteiger partial charge in [-0.1, -0.05) is 26.0 Å². The number of hydrogen-bond acceptors (Lipinski definition) is 2. The number of ether oxygens (including phenoxy) is 1. The molecule has 0 bridgehead atoms. The van der Waals surface area contributed by atoms with E-state index in [4.69, 9.17) is 4.74 Å². The summed E-state index contributed by atoms with van der Waals surface area (Å²) in [4.78, 5) is 11.7. The summed E-state index contributed by atoms with van der Waals surface area (Å²) in [6.45, 7) is 4.68. The van der Waals surface area contributed by atoms with Crippen molar-refractivity contribution in [1.82, 2.24) is 0 Å². The van der Waals surface area contributed by atoms with Crippen molar-refractivity contribution in [3.8, 4) is 5.75 Å². The predicted molar refractivity (Wildman–Crippen MR) is 86.7 cm³/mol. The Bertz CT molecular complexity index is 459. The van der Waals surface area contributed by atoms with Gasteiger partial charge in [0.15, 0.2) is 0 Å². The second kappa shape index (κ2) is 7.11. The maximum absolute atomic E-state index is 11.7. The molecule has 1 unspecified atom stereocenters. The molecule has 1 aliphatic rings. The molecular weight excluding hydrogens is 260 g/mol. The van der Waals surface area contributed by atoms with E-state index < -0.39 is 0 Å². The summed E-state index contributed by atoms with van der Waals surface area (Å²) < 4.78 is 5.19. The van der Waals surface area contributed by atoms with Gasteiger partial charge in [0.2, 0.25) is 0 Å². The topological polar surface area (TPSA) is 26.3 Å². The van der Waals surface area contributed by atoms with Crippen LogP contribution in [-0.4, -0.2) is 12.9 Å². The molecule has 2 rings (SSSR count). The number of Topliss-reactive ketones (excluding diaryl/α,β-unsaturated/α-hetero) is 1. The van der Waals surface area contributed by atoms with Crippen molar-refractivity contribution < 1.29 is 9.53 Å². The molecular formula is C19H28O2. The Hall–Kier alpha value is -1.31. The Balaban J connectivity index is 1.81. The lowest BCUT2D eigenvalue weighted by atomic mass is 9.68. The smallest absolute Gasteiger partial charge is 0.133 e. The van der Waals surface area contributed by atoms with E-state index in [0.717, 1.165) is 31.4 Å². The Morgan fingerprint density at radius 1 is 1.24 bits per heavy atom. The van der Waals surface area contributed by atoms with Gasteiger partial charge in [0.1, 0.15) is 11.5 Å². The number of hydrogen-bond donors (Lipinski definition) is 0. The minimum Gasteiger partial charge on any atom is -0.497 e. The van der Waals surface area contributed by atoms with Crippen molar-refractivity contribution in [3.63, 3.8) is 0 Å². The van der Waals surface area contributed by atoms with Crippen LogP contribution in [0.1, 0.15) is 57.9 Å². The van der Waals surface area contributed by atoms with Gasteiger partial charge in [-0.15, -0.1) is 0 Å².